The molecule has 0 saturated heterocycles. The Bertz CT molecular complexity index is 809. The molecule has 3 N–H and O–H groups in total. The van der Waals surface area contributed by atoms with E-state index in [1.165, 1.54) is 12.1 Å². The molecule has 2 aromatic rings. The number of nitrogens with one attached hydrogen (secondary N) is 1. The second-order valence-electron chi connectivity index (χ2n) is 4.99. The van der Waals surface area contributed by atoms with Crippen LogP contribution in [0.1, 0.15) is 11.1 Å². The van der Waals surface area contributed by atoms with Gasteiger partial charge >= 0.3 is 7.12 Å². The number of fused-ring (bicyclic) bond motifs is 1. The van der Waals surface area contributed by atoms with E-state index in [1.54, 1.807) is 30.3 Å². The lowest BCUT2D eigenvalue weighted by atomic mass is 9.79. The normalized spacial score (nSPS) is 14.0. The van der Waals surface area contributed by atoms with Crippen LogP contribution in [-0.2, 0) is 27.9 Å². The number of sulfonamides is 1. The maximum Gasteiger partial charge on any atom is 0.491 e. The number of benzene rings is 2. The molecule has 8 heteroatoms. The van der Waals surface area contributed by atoms with E-state index >= 15 is 0 Å². The van der Waals surface area contributed by atoms with Crippen molar-refractivity contribution in [3.8, 4) is 0 Å². The van der Waals surface area contributed by atoms with Gasteiger partial charge in [0.1, 0.15) is 0 Å². The van der Waals surface area contributed by atoms with Crippen molar-refractivity contribution in [2.75, 3.05) is 4.72 Å². The molecule has 1 heterocycles. The largest absolute Gasteiger partial charge is 0.491 e. The number of anilines is 1. The fraction of sp³-hybridized carbons (Fsp3) is 0.143. The molecule has 1 aliphatic rings. The van der Waals surface area contributed by atoms with Gasteiger partial charge in [0.2, 0.25) is 0 Å². The predicted molar refractivity (Wildman–Crippen MR) is 82.0 cm³/mol. The molecule has 0 aliphatic carbocycles. The Morgan fingerprint density at radius 1 is 1.23 bits per heavy atom. The van der Waals surface area contributed by atoms with E-state index in [0.29, 0.717) is 23.3 Å². The van der Waals surface area contributed by atoms with Crippen LogP contribution >= 0.6 is 0 Å². The lowest BCUT2D eigenvalue weighted by molar-refractivity contribution is 0.275. The minimum atomic E-state index is -3.76. The first-order valence-electron chi connectivity index (χ1n) is 6.65. The van der Waals surface area contributed by atoms with Crippen LogP contribution in [0.4, 0.5) is 5.69 Å². The van der Waals surface area contributed by atoms with Crippen molar-refractivity contribution in [1.82, 2.24) is 0 Å². The van der Waals surface area contributed by atoms with Crippen molar-refractivity contribution in [2.24, 2.45) is 0 Å². The Kier molecular flexibility index (Phi) is 3.92. The Hall–Kier alpha value is -1.87. The highest BCUT2D eigenvalue weighted by atomic mass is 32.2. The van der Waals surface area contributed by atoms with Crippen molar-refractivity contribution < 1.29 is 23.2 Å². The third-order valence-electron chi connectivity index (χ3n) is 3.45. The SMILES string of the molecule is O=S(=O)(Nc1ccc2c(c1)B(O)OC2)c1cccc(CO)c1. The monoisotopic (exact) mass is 319 g/mol. The van der Waals surface area contributed by atoms with Crippen LogP contribution in [0.25, 0.3) is 0 Å². The van der Waals surface area contributed by atoms with Gasteiger partial charge in [-0.1, -0.05) is 18.2 Å². The second-order valence-corrected chi connectivity index (χ2v) is 6.67. The van der Waals surface area contributed by atoms with E-state index in [4.69, 9.17) is 9.76 Å². The summed E-state index contributed by atoms with van der Waals surface area (Å²) in [5.41, 5.74) is 2.25. The van der Waals surface area contributed by atoms with E-state index in [2.05, 4.69) is 4.72 Å². The lowest BCUT2D eigenvalue weighted by Gasteiger charge is -2.10. The molecule has 0 aromatic heterocycles. The van der Waals surface area contributed by atoms with Crippen LogP contribution in [0.15, 0.2) is 47.4 Å². The van der Waals surface area contributed by atoms with Gasteiger partial charge in [0.25, 0.3) is 10.0 Å². The van der Waals surface area contributed by atoms with Crippen LogP contribution in [0.2, 0.25) is 0 Å². The third kappa shape index (κ3) is 2.86. The Morgan fingerprint density at radius 3 is 2.82 bits per heavy atom. The van der Waals surface area contributed by atoms with Crippen molar-refractivity contribution in [3.05, 3.63) is 53.6 Å². The molecule has 6 nitrogen and oxygen atoms in total. The lowest BCUT2D eigenvalue weighted by Crippen LogP contribution is -2.28. The first-order chi connectivity index (χ1) is 10.5. The van der Waals surface area contributed by atoms with Crippen LogP contribution in [-0.4, -0.2) is 25.7 Å². The topological polar surface area (TPSA) is 95.9 Å². The first-order valence-corrected chi connectivity index (χ1v) is 8.13. The molecule has 0 bridgehead atoms. The van der Waals surface area contributed by atoms with Crippen LogP contribution < -0.4 is 10.2 Å². The van der Waals surface area contributed by atoms with Gasteiger partial charge in [-0.2, -0.15) is 0 Å². The zero-order valence-corrected chi connectivity index (χ0v) is 12.4. The van der Waals surface area contributed by atoms with Crippen molar-refractivity contribution in [1.29, 1.82) is 0 Å². The molecule has 0 amide bonds. The number of rotatable bonds is 4. The zero-order chi connectivity index (χ0) is 15.7. The van der Waals surface area contributed by atoms with Gasteiger partial charge in [-0.15, -0.1) is 0 Å². The quantitative estimate of drug-likeness (QED) is 0.700. The second kappa shape index (κ2) is 5.73. The number of aliphatic hydroxyl groups is 1. The molecular formula is C14H14BNO5S. The molecule has 0 unspecified atom stereocenters. The zero-order valence-electron chi connectivity index (χ0n) is 11.6. The highest BCUT2D eigenvalue weighted by molar-refractivity contribution is 7.92. The average molecular weight is 319 g/mol. The summed E-state index contributed by atoms with van der Waals surface area (Å²) in [5.74, 6) is 0. The molecule has 0 fully saturated rings. The van der Waals surface area contributed by atoms with E-state index in [9.17, 15) is 13.4 Å². The van der Waals surface area contributed by atoms with Gasteiger partial charge in [-0.05, 0) is 40.9 Å². The number of aliphatic hydroxyl groups excluding tert-OH is 1. The maximum atomic E-state index is 12.4. The van der Waals surface area contributed by atoms with Crippen LogP contribution in [0.5, 0.6) is 0 Å². The smallest absolute Gasteiger partial charge is 0.423 e. The Labute approximate surface area is 128 Å². The number of hydrogen-bond donors (Lipinski definition) is 3. The summed E-state index contributed by atoms with van der Waals surface area (Å²) in [5, 5.41) is 18.8. The fourth-order valence-corrected chi connectivity index (χ4v) is 3.42. The summed E-state index contributed by atoms with van der Waals surface area (Å²) in [6, 6.07) is 11.0. The summed E-state index contributed by atoms with van der Waals surface area (Å²) in [6.07, 6.45) is 0. The average Bonchev–Trinajstić information content (AvgIpc) is 2.88. The van der Waals surface area contributed by atoms with Gasteiger partial charge < -0.3 is 14.8 Å². The van der Waals surface area contributed by atoms with Crippen LogP contribution in [0.3, 0.4) is 0 Å². The van der Waals surface area contributed by atoms with Gasteiger partial charge in [-0.25, -0.2) is 8.42 Å². The summed E-state index contributed by atoms with van der Waals surface area (Å²) in [6.45, 7) is 0.0772. The standard InChI is InChI=1S/C14H14BNO5S/c17-8-10-2-1-3-13(6-10)22(19,20)16-12-5-4-11-9-21-15(18)14(11)7-12/h1-7,16-18H,8-9H2. The highest BCUT2D eigenvalue weighted by Crippen LogP contribution is 2.19. The molecule has 0 radical (unpaired) electrons. The summed E-state index contributed by atoms with van der Waals surface area (Å²) in [7, 11) is -4.79. The van der Waals surface area contributed by atoms with Crippen molar-refractivity contribution in [2.45, 2.75) is 18.1 Å². The first kappa shape index (κ1) is 15.0. The minimum Gasteiger partial charge on any atom is -0.423 e. The highest BCUT2D eigenvalue weighted by Gasteiger charge is 2.27. The van der Waals surface area contributed by atoms with Crippen LogP contribution in [0, 0.1) is 0 Å². The molecule has 2 aromatic carbocycles. The molecule has 3 rings (SSSR count). The molecule has 1 aliphatic heterocycles. The summed E-state index contributed by atoms with van der Waals surface area (Å²) < 4.78 is 32.3. The minimum absolute atomic E-state index is 0.0661. The van der Waals surface area contributed by atoms with Gasteiger partial charge in [0.15, 0.2) is 0 Å². The Balaban J connectivity index is 1.90. The molecule has 22 heavy (non-hydrogen) atoms. The molecule has 0 spiro atoms. The van der Waals surface area contributed by atoms with Gasteiger partial charge in [-0.3, -0.25) is 4.72 Å². The number of hydrogen-bond acceptors (Lipinski definition) is 5. The molecule has 0 saturated carbocycles. The van der Waals surface area contributed by atoms with Crippen molar-refractivity contribution in [3.63, 3.8) is 0 Å². The predicted octanol–water partition coefficient (Wildman–Crippen LogP) is 0.197. The molecule has 0 atom stereocenters. The van der Waals surface area contributed by atoms with E-state index in [-0.39, 0.29) is 11.5 Å². The maximum absolute atomic E-state index is 12.4. The molecule has 114 valence electrons. The van der Waals surface area contributed by atoms with E-state index < -0.39 is 17.1 Å². The van der Waals surface area contributed by atoms with Gasteiger partial charge in [0.05, 0.1) is 18.1 Å². The van der Waals surface area contributed by atoms with E-state index in [0.717, 1.165) is 5.56 Å². The fourth-order valence-electron chi connectivity index (χ4n) is 2.30. The Morgan fingerprint density at radius 2 is 2.05 bits per heavy atom. The third-order valence-corrected chi connectivity index (χ3v) is 4.83. The van der Waals surface area contributed by atoms with Crippen molar-refractivity contribution >= 4 is 28.3 Å². The molecular weight excluding hydrogens is 305 g/mol. The van der Waals surface area contributed by atoms with Gasteiger partial charge in [0, 0.05) is 5.69 Å². The van der Waals surface area contributed by atoms with E-state index in [1.807, 2.05) is 0 Å². The summed E-state index contributed by atoms with van der Waals surface area (Å²) in [4.78, 5) is 0.0661. The summed E-state index contributed by atoms with van der Waals surface area (Å²) >= 11 is 0.